The summed E-state index contributed by atoms with van der Waals surface area (Å²) in [4.78, 5) is 0. The number of aryl methyl sites for hydroxylation is 2. The standard InChI is InChI=1S/C33H65N2/c1-4-6-8-10-12-14-16-18-20-22-24-26-28-30-35-32-31-34(3)33(35)29-27-25-23-21-19-17-15-13-11-9-7-5-2/h31-32H,4-30H2,1-3H3/q+1. The summed E-state index contributed by atoms with van der Waals surface area (Å²) in [7, 11) is 2.23. The minimum atomic E-state index is 1.21. The van der Waals surface area contributed by atoms with Crippen molar-refractivity contribution in [2.75, 3.05) is 0 Å². The molecule has 0 N–H and O–H groups in total. The van der Waals surface area contributed by atoms with E-state index in [-0.39, 0.29) is 0 Å². The van der Waals surface area contributed by atoms with Crippen LogP contribution >= 0.6 is 0 Å². The van der Waals surface area contributed by atoms with E-state index in [1.165, 1.54) is 179 Å². The van der Waals surface area contributed by atoms with E-state index in [9.17, 15) is 0 Å². The molecule has 0 aromatic carbocycles. The highest BCUT2D eigenvalue weighted by molar-refractivity contribution is 4.82. The van der Waals surface area contributed by atoms with Crippen molar-refractivity contribution in [1.29, 1.82) is 0 Å². The first-order valence-electron chi connectivity index (χ1n) is 16.3. The van der Waals surface area contributed by atoms with Crippen molar-refractivity contribution in [3.8, 4) is 0 Å². The predicted molar refractivity (Wildman–Crippen MR) is 156 cm³/mol. The van der Waals surface area contributed by atoms with Crippen LogP contribution in [0.3, 0.4) is 0 Å². The maximum atomic E-state index is 2.54. The van der Waals surface area contributed by atoms with Crippen LogP contribution in [0.15, 0.2) is 12.4 Å². The number of nitrogens with zero attached hydrogens (tertiary/aromatic N) is 2. The third-order valence-electron chi connectivity index (χ3n) is 7.97. The van der Waals surface area contributed by atoms with Crippen LogP contribution in [0.2, 0.25) is 0 Å². The van der Waals surface area contributed by atoms with Gasteiger partial charge in [-0.2, -0.15) is 0 Å². The average molecular weight is 490 g/mol. The molecule has 0 atom stereocenters. The number of aromatic nitrogens is 2. The van der Waals surface area contributed by atoms with Gasteiger partial charge < -0.3 is 0 Å². The van der Waals surface area contributed by atoms with Gasteiger partial charge in [0, 0.05) is 6.42 Å². The average Bonchev–Trinajstić information content (AvgIpc) is 3.21. The normalized spacial score (nSPS) is 11.5. The van der Waals surface area contributed by atoms with E-state index in [0.29, 0.717) is 0 Å². The zero-order valence-corrected chi connectivity index (χ0v) is 24.6. The molecule has 0 aliphatic rings. The molecule has 206 valence electrons. The zero-order chi connectivity index (χ0) is 25.2. The maximum absolute atomic E-state index is 2.54. The van der Waals surface area contributed by atoms with Crippen molar-refractivity contribution < 1.29 is 4.57 Å². The second kappa shape index (κ2) is 24.9. The first-order valence-corrected chi connectivity index (χ1v) is 16.3. The van der Waals surface area contributed by atoms with Crippen LogP contribution in [0.5, 0.6) is 0 Å². The lowest BCUT2D eigenvalue weighted by molar-refractivity contribution is -0.704. The second-order valence-electron chi connectivity index (χ2n) is 11.4. The van der Waals surface area contributed by atoms with Crippen molar-refractivity contribution in [1.82, 2.24) is 4.57 Å². The summed E-state index contributed by atoms with van der Waals surface area (Å²) < 4.78 is 4.90. The van der Waals surface area contributed by atoms with Gasteiger partial charge in [0.2, 0.25) is 0 Å². The van der Waals surface area contributed by atoms with Gasteiger partial charge >= 0.3 is 0 Å². The maximum Gasteiger partial charge on any atom is 0.256 e. The molecule has 0 aliphatic heterocycles. The van der Waals surface area contributed by atoms with E-state index in [4.69, 9.17) is 0 Å². The number of imidazole rings is 1. The minimum Gasteiger partial charge on any atom is -0.237 e. The largest absolute Gasteiger partial charge is 0.256 e. The molecule has 1 aromatic rings. The molecule has 35 heavy (non-hydrogen) atoms. The van der Waals surface area contributed by atoms with E-state index in [0.717, 1.165) is 0 Å². The molecule has 0 spiro atoms. The van der Waals surface area contributed by atoms with Crippen LogP contribution in [0.4, 0.5) is 0 Å². The highest BCUT2D eigenvalue weighted by Gasteiger charge is 2.13. The molecular weight excluding hydrogens is 424 g/mol. The van der Waals surface area contributed by atoms with Gasteiger partial charge in [-0.15, -0.1) is 0 Å². The molecule has 0 amide bonds. The van der Waals surface area contributed by atoms with E-state index in [1.807, 2.05) is 0 Å². The van der Waals surface area contributed by atoms with Gasteiger partial charge in [0.15, 0.2) is 0 Å². The van der Waals surface area contributed by atoms with Crippen LogP contribution in [-0.4, -0.2) is 4.57 Å². The summed E-state index contributed by atoms with van der Waals surface area (Å²) in [6.45, 7) is 5.82. The summed E-state index contributed by atoms with van der Waals surface area (Å²) in [5.41, 5.74) is 0. The Morgan fingerprint density at radius 1 is 0.486 bits per heavy atom. The van der Waals surface area contributed by atoms with Gasteiger partial charge in [-0.25, -0.2) is 9.13 Å². The quantitative estimate of drug-likeness (QED) is 0.0858. The van der Waals surface area contributed by atoms with Crippen LogP contribution in [-0.2, 0) is 20.0 Å². The van der Waals surface area contributed by atoms with Crippen molar-refractivity contribution in [3.05, 3.63) is 18.2 Å². The summed E-state index contributed by atoms with van der Waals surface area (Å²) in [6, 6.07) is 0. The van der Waals surface area contributed by atoms with Gasteiger partial charge in [-0.3, -0.25) is 0 Å². The Kier molecular flexibility index (Phi) is 22.9. The fourth-order valence-corrected chi connectivity index (χ4v) is 5.50. The molecule has 0 aliphatic carbocycles. The molecule has 0 unspecified atom stereocenters. The lowest BCUT2D eigenvalue weighted by atomic mass is 10.0. The van der Waals surface area contributed by atoms with Crippen LogP contribution in [0.1, 0.15) is 180 Å². The molecule has 0 saturated carbocycles. The number of rotatable bonds is 27. The summed E-state index contributed by atoms with van der Waals surface area (Å²) in [5, 5.41) is 0. The lowest BCUT2D eigenvalue weighted by Crippen LogP contribution is -2.37. The molecule has 1 heterocycles. The number of hydrogen-bond donors (Lipinski definition) is 0. The topological polar surface area (TPSA) is 8.81 Å². The Morgan fingerprint density at radius 2 is 0.829 bits per heavy atom. The van der Waals surface area contributed by atoms with Crippen LogP contribution in [0, 0.1) is 0 Å². The van der Waals surface area contributed by atoms with E-state index >= 15 is 0 Å². The molecule has 2 nitrogen and oxygen atoms in total. The van der Waals surface area contributed by atoms with Crippen LogP contribution in [0.25, 0.3) is 0 Å². The molecule has 1 aromatic heterocycles. The summed E-state index contributed by atoms with van der Waals surface area (Å²) in [5.74, 6) is 1.54. The smallest absolute Gasteiger partial charge is 0.237 e. The Labute approximate surface area is 221 Å². The van der Waals surface area contributed by atoms with Gasteiger partial charge in [0.25, 0.3) is 5.82 Å². The lowest BCUT2D eigenvalue weighted by Gasteiger charge is -2.05. The summed E-state index contributed by atoms with van der Waals surface area (Å²) >= 11 is 0. The monoisotopic (exact) mass is 490 g/mol. The Balaban J connectivity index is 1.95. The molecule has 0 fully saturated rings. The zero-order valence-electron chi connectivity index (χ0n) is 24.6. The molecule has 2 heteroatoms. The van der Waals surface area contributed by atoms with E-state index < -0.39 is 0 Å². The first kappa shape index (κ1) is 32.2. The van der Waals surface area contributed by atoms with Gasteiger partial charge in [-0.1, -0.05) is 155 Å². The van der Waals surface area contributed by atoms with Gasteiger partial charge in [-0.05, 0) is 19.3 Å². The van der Waals surface area contributed by atoms with Crippen molar-refractivity contribution in [3.63, 3.8) is 0 Å². The third-order valence-corrected chi connectivity index (χ3v) is 7.97. The van der Waals surface area contributed by atoms with Crippen LogP contribution < -0.4 is 4.57 Å². The fourth-order valence-electron chi connectivity index (χ4n) is 5.50. The molecule has 1 rings (SSSR count). The fraction of sp³-hybridized carbons (Fsp3) is 0.909. The van der Waals surface area contributed by atoms with Gasteiger partial charge in [0.1, 0.15) is 12.4 Å². The first-order chi connectivity index (χ1) is 17.3. The molecule has 0 bridgehead atoms. The van der Waals surface area contributed by atoms with E-state index in [1.54, 1.807) is 0 Å². The Hall–Kier alpha value is -0.790. The van der Waals surface area contributed by atoms with E-state index in [2.05, 4.69) is 42.4 Å². The minimum absolute atomic E-state index is 1.21. The van der Waals surface area contributed by atoms with Crippen molar-refractivity contribution in [2.24, 2.45) is 7.05 Å². The van der Waals surface area contributed by atoms with Gasteiger partial charge in [0.05, 0.1) is 13.6 Å². The molecular formula is C33H65N2+. The van der Waals surface area contributed by atoms with Crippen molar-refractivity contribution >= 4 is 0 Å². The summed E-state index contributed by atoms with van der Waals surface area (Å²) in [6.07, 6.45) is 41.7. The molecule has 0 radical (unpaired) electrons. The molecule has 0 saturated heterocycles. The van der Waals surface area contributed by atoms with Crippen molar-refractivity contribution in [2.45, 2.75) is 187 Å². The SMILES string of the molecule is CCCCCCCCCCCCCCC[n+]1ccn(C)c1CCCCCCCCCCCCCC. The predicted octanol–water partition coefficient (Wildman–Crippen LogP) is 10.6. The highest BCUT2D eigenvalue weighted by atomic mass is 15.1. The Bertz CT molecular complexity index is 547. The third kappa shape index (κ3) is 19.0. The highest BCUT2D eigenvalue weighted by Crippen LogP contribution is 2.14. The Morgan fingerprint density at radius 3 is 1.23 bits per heavy atom. The number of hydrogen-bond acceptors (Lipinski definition) is 0. The second-order valence-corrected chi connectivity index (χ2v) is 11.4. The number of unbranched alkanes of at least 4 members (excludes halogenated alkanes) is 23.